The van der Waals surface area contributed by atoms with E-state index in [1.807, 2.05) is 30.3 Å². The number of hydrogen-bond acceptors (Lipinski definition) is 5. The number of benzene rings is 1. The van der Waals surface area contributed by atoms with E-state index in [4.69, 9.17) is 5.73 Å². The number of nitrogens with two attached hydrogens (primary N) is 1. The highest BCUT2D eigenvalue weighted by Gasteiger charge is 2.27. The second-order valence-corrected chi connectivity index (χ2v) is 6.83. The number of nitriles is 1. The number of nitrogens with one attached hydrogen (secondary N) is 1. The van der Waals surface area contributed by atoms with Crippen molar-refractivity contribution in [3.8, 4) is 28.5 Å². The van der Waals surface area contributed by atoms with Crippen molar-refractivity contribution in [3.05, 3.63) is 53.3 Å². The Morgan fingerprint density at radius 1 is 1.30 bits per heavy atom. The van der Waals surface area contributed by atoms with Crippen LogP contribution in [0.3, 0.4) is 0 Å². The fraction of sp³-hybridized carbons (Fsp3) is 0.286. The summed E-state index contributed by atoms with van der Waals surface area (Å²) in [5, 5.41) is 17.2. The number of nitrogens with zero attached hydrogens (tertiary/aromatic N) is 4. The molecule has 6 nitrogen and oxygen atoms in total. The second kappa shape index (κ2) is 7.22. The van der Waals surface area contributed by atoms with Gasteiger partial charge in [-0.15, -0.1) is 0 Å². The van der Waals surface area contributed by atoms with Gasteiger partial charge in [0, 0.05) is 41.9 Å². The van der Waals surface area contributed by atoms with Crippen LogP contribution in [0.25, 0.3) is 22.4 Å². The highest BCUT2D eigenvalue weighted by Crippen LogP contribution is 2.39. The molecule has 0 amide bonds. The maximum Gasteiger partial charge on any atom is 0.142 e. The summed E-state index contributed by atoms with van der Waals surface area (Å²) < 4.78 is 0. The van der Waals surface area contributed by atoms with Crippen LogP contribution in [0.2, 0.25) is 0 Å². The number of aromatic amines is 1. The van der Waals surface area contributed by atoms with Gasteiger partial charge in [0.25, 0.3) is 0 Å². The standard InChI is InChI=1S/C21H22N6/c1-2-9-27-10-8-18-17(13-27)19(15(11-22)21(23)25-18)16-12-24-26-20(16)14-6-4-3-5-7-14/h3-7,12H,2,8-10,13H2,1H3,(H2,23,25)(H,24,26). The van der Waals surface area contributed by atoms with Gasteiger partial charge in [-0.05, 0) is 18.5 Å². The molecule has 27 heavy (non-hydrogen) atoms. The average Bonchev–Trinajstić information content (AvgIpc) is 3.17. The normalized spacial score (nSPS) is 13.9. The van der Waals surface area contributed by atoms with Gasteiger partial charge in [-0.25, -0.2) is 4.98 Å². The topological polar surface area (TPSA) is 94.6 Å². The Balaban J connectivity index is 1.93. The molecule has 4 rings (SSSR count). The Morgan fingerprint density at radius 3 is 2.85 bits per heavy atom. The predicted octanol–water partition coefficient (Wildman–Crippen LogP) is 3.36. The third-order valence-electron chi connectivity index (χ3n) is 5.08. The third-order valence-corrected chi connectivity index (χ3v) is 5.08. The number of H-pyrrole nitrogens is 1. The molecule has 2 aromatic heterocycles. The zero-order valence-electron chi connectivity index (χ0n) is 15.4. The zero-order valence-corrected chi connectivity index (χ0v) is 15.4. The summed E-state index contributed by atoms with van der Waals surface area (Å²) >= 11 is 0. The summed E-state index contributed by atoms with van der Waals surface area (Å²) in [7, 11) is 0. The van der Waals surface area contributed by atoms with Gasteiger partial charge >= 0.3 is 0 Å². The summed E-state index contributed by atoms with van der Waals surface area (Å²) in [6.07, 6.45) is 3.73. The molecule has 0 atom stereocenters. The maximum atomic E-state index is 9.82. The van der Waals surface area contributed by atoms with Gasteiger partial charge in [0.15, 0.2) is 0 Å². The van der Waals surface area contributed by atoms with Crippen molar-refractivity contribution in [1.29, 1.82) is 5.26 Å². The van der Waals surface area contributed by atoms with Crippen molar-refractivity contribution in [1.82, 2.24) is 20.1 Å². The molecule has 0 radical (unpaired) electrons. The molecule has 0 bridgehead atoms. The lowest BCUT2D eigenvalue weighted by Gasteiger charge is -2.30. The molecule has 3 aromatic rings. The van der Waals surface area contributed by atoms with Crippen LogP contribution in [-0.4, -0.2) is 33.2 Å². The highest BCUT2D eigenvalue weighted by molar-refractivity contribution is 5.87. The number of hydrogen-bond donors (Lipinski definition) is 2. The Kier molecular flexibility index (Phi) is 4.61. The van der Waals surface area contributed by atoms with Crippen LogP contribution < -0.4 is 5.73 Å². The smallest absolute Gasteiger partial charge is 0.142 e. The van der Waals surface area contributed by atoms with Gasteiger partial charge in [0.05, 0.1) is 11.9 Å². The SMILES string of the molecule is CCCN1CCc2nc(N)c(C#N)c(-c3cn[nH]c3-c3ccccc3)c2C1. The number of rotatable bonds is 4. The summed E-state index contributed by atoms with van der Waals surface area (Å²) in [4.78, 5) is 6.96. The first-order valence-electron chi connectivity index (χ1n) is 9.25. The summed E-state index contributed by atoms with van der Waals surface area (Å²) in [5.41, 5.74) is 12.4. The van der Waals surface area contributed by atoms with Gasteiger partial charge in [0.1, 0.15) is 17.5 Å². The minimum atomic E-state index is 0.301. The van der Waals surface area contributed by atoms with E-state index in [1.165, 1.54) is 0 Å². The average molecular weight is 358 g/mol. The van der Waals surface area contributed by atoms with Gasteiger partial charge in [-0.2, -0.15) is 10.4 Å². The molecule has 0 aliphatic carbocycles. The van der Waals surface area contributed by atoms with Crippen LogP contribution in [0.5, 0.6) is 0 Å². The minimum Gasteiger partial charge on any atom is -0.383 e. The highest BCUT2D eigenvalue weighted by atomic mass is 15.1. The van der Waals surface area contributed by atoms with Crippen molar-refractivity contribution >= 4 is 5.82 Å². The van der Waals surface area contributed by atoms with E-state index in [0.29, 0.717) is 11.4 Å². The number of nitrogen functional groups attached to an aromatic ring is 1. The van der Waals surface area contributed by atoms with E-state index < -0.39 is 0 Å². The molecule has 3 heterocycles. The van der Waals surface area contributed by atoms with Crippen LogP contribution in [-0.2, 0) is 13.0 Å². The summed E-state index contributed by atoms with van der Waals surface area (Å²) in [6, 6.07) is 12.3. The molecule has 1 aliphatic heterocycles. The van der Waals surface area contributed by atoms with E-state index in [9.17, 15) is 5.26 Å². The lowest BCUT2D eigenvalue weighted by molar-refractivity contribution is 0.253. The number of aromatic nitrogens is 3. The fourth-order valence-electron chi connectivity index (χ4n) is 3.85. The van der Waals surface area contributed by atoms with E-state index in [2.05, 4.69) is 33.1 Å². The third kappa shape index (κ3) is 3.07. The molecule has 0 saturated carbocycles. The Labute approximate surface area is 158 Å². The largest absolute Gasteiger partial charge is 0.383 e. The van der Waals surface area contributed by atoms with Crippen molar-refractivity contribution in [3.63, 3.8) is 0 Å². The van der Waals surface area contributed by atoms with E-state index in [0.717, 1.165) is 66.1 Å². The van der Waals surface area contributed by atoms with Crippen LogP contribution in [0.15, 0.2) is 36.5 Å². The van der Waals surface area contributed by atoms with Crippen LogP contribution in [0.4, 0.5) is 5.82 Å². The molecular formula is C21H22N6. The van der Waals surface area contributed by atoms with Crippen molar-refractivity contribution in [2.24, 2.45) is 0 Å². The van der Waals surface area contributed by atoms with Crippen molar-refractivity contribution in [2.75, 3.05) is 18.8 Å². The van der Waals surface area contributed by atoms with Crippen LogP contribution in [0, 0.1) is 11.3 Å². The lowest BCUT2D eigenvalue weighted by Crippen LogP contribution is -2.32. The summed E-state index contributed by atoms with van der Waals surface area (Å²) in [6.45, 7) is 4.96. The first kappa shape index (κ1) is 17.3. The number of anilines is 1. The van der Waals surface area contributed by atoms with Gasteiger partial charge in [-0.3, -0.25) is 10.00 Å². The van der Waals surface area contributed by atoms with Crippen molar-refractivity contribution in [2.45, 2.75) is 26.3 Å². The lowest BCUT2D eigenvalue weighted by atomic mass is 9.90. The van der Waals surface area contributed by atoms with E-state index in [-0.39, 0.29) is 0 Å². The van der Waals surface area contributed by atoms with Gasteiger partial charge in [-0.1, -0.05) is 37.3 Å². The molecule has 0 saturated heterocycles. The van der Waals surface area contributed by atoms with Gasteiger partial charge < -0.3 is 5.73 Å². The molecule has 0 fully saturated rings. The molecule has 1 aliphatic rings. The molecule has 136 valence electrons. The van der Waals surface area contributed by atoms with Crippen LogP contribution >= 0.6 is 0 Å². The first-order chi connectivity index (χ1) is 13.2. The van der Waals surface area contributed by atoms with Crippen molar-refractivity contribution < 1.29 is 0 Å². The fourth-order valence-corrected chi connectivity index (χ4v) is 3.85. The minimum absolute atomic E-state index is 0.301. The molecule has 0 unspecified atom stereocenters. The van der Waals surface area contributed by atoms with Crippen LogP contribution in [0.1, 0.15) is 30.2 Å². The van der Waals surface area contributed by atoms with E-state index >= 15 is 0 Å². The molecule has 0 spiro atoms. The molecule has 6 heteroatoms. The molecule has 1 aromatic carbocycles. The van der Waals surface area contributed by atoms with Gasteiger partial charge in [0.2, 0.25) is 0 Å². The first-order valence-corrected chi connectivity index (χ1v) is 9.25. The molecular weight excluding hydrogens is 336 g/mol. The summed E-state index contributed by atoms with van der Waals surface area (Å²) in [5.74, 6) is 0.301. The molecule has 3 N–H and O–H groups in total. The maximum absolute atomic E-state index is 9.82. The Morgan fingerprint density at radius 2 is 2.11 bits per heavy atom. The second-order valence-electron chi connectivity index (χ2n) is 6.83. The quantitative estimate of drug-likeness (QED) is 0.746. The Hall–Kier alpha value is -3.17. The predicted molar refractivity (Wildman–Crippen MR) is 106 cm³/mol. The Bertz CT molecular complexity index is 1000. The monoisotopic (exact) mass is 358 g/mol. The number of pyridine rings is 1. The zero-order chi connectivity index (χ0) is 18.8. The number of fused-ring (bicyclic) bond motifs is 1. The van der Waals surface area contributed by atoms with E-state index in [1.54, 1.807) is 6.20 Å².